The van der Waals surface area contributed by atoms with E-state index >= 15 is 0 Å². The van der Waals surface area contributed by atoms with Gasteiger partial charge in [-0.15, -0.1) is 0 Å². The molecule has 0 saturated heterocycles. The van der Waals surface area contributed by atoms with Crippen molar-refractivity contribution in [3.8, 4) is 0 Å². The van der Waals surface area contributed by atoms with Crippen LogP contribution in [-0.2, 0) is 4.79 Å². The zero-order valence-corrected chi connectivity index (χ0v) is 16.7. The summed E-state index contributed by atoms with van der Waals surface area (Å²) in [6.07, 6.45) is 9.36. The first-order valence-corrected chi connectivity index (χ1v) is 9.31. The minimum Gasteiger partial charge on any atom is -0.481 e. The van der Waals surface area contributed by atoms with Crippen molar-refractivity contribution in [3.05, 3.63) is 46.6 Å². The first kappa shape index (κ1) is 22.4. The van der Waals surface area contributed by atoms with E-state index in [9.17, 15) is 15.0 Å². The standard InChI is InChI=1S/C22H34O4/c1-15(2)8-6-9-16(3)10-7-11-22(5)14-18(23)12-17(4)21(22)19(24)13-20(25)26/h7-8,10-11,18-19,23-24H,6,9,12-14H2,1-5H3,(H,25,26)/b11-7+,16-10+/t18-,19-,22+/m1/s1. The van der Waals surface area contributed by atoms with Crippen molar-refractivity contribution in [2.45, 2.75) is 78.9 Å². The van der Waals surface area contributed by atoms with Crippen LogP contribution >= 0.6 is 0 Å². The zero-order chi connectivity index (χ0) is 19.9. The molecule has 0 heterocycles. The van der Waals surface area contributed by atoms with Crippen LogP contribution in [0.1, 0.15) is 66.7 Å². The van der Waals surface area contributed by atoms with Crippen molar-refractivity contribution in [2.24, 2.45) is 5.41 Å². The van der Waals surface area contributed by atoms with E-state index in [1.54, 1.807) is 0 Å². The summed E-state index contributed by atoms with van der Waals surface area (Å²) in [4.78, 5) is 11.0. The van der Waals surface area contributed by atoms with E-state index < -0.39 is 23.6 Å². The molecule has 0 radical (unpaired) electrons. The Balaban J connectivity index is 2.99. The summed E-state index contributed by atoms with van der Waals surface area (Å²) >= 11 is 0. The number of carboxylic acids is 1. The van der Waals surface area contributed by atoms with E-state index in [2.05, 4.69) is 32.9 Å². The van der Waals surface area contributed by atoms with Crippen molar-refractivity contribution in [3.63, 3.8) is 0 Å². The molecule has 26 heavy (non-hydrogen) atoms. The fraction of sp³-hybridized carbons (Fsp3) is 0.591. The Labute approximate surface area is 157 Å². The number of carbonyl (C=O) groups is 1. The molecule has 0 fully saturated rings. The highest BCUT2D eigenvalue weighted by Crippen LogP contribution is 2.44. The van der Waals surface area contributed by atoms with Crippen molar-refractivity contribution in [2.75, 3.05) is 0 Å². The van der Waals surface area contributed by atoms with Crippen LogP contribution in [0.4, 0.5) is 0 Å². The first-order valence-electron chi connectivity index (χ1n) is 9.31. The third-order valence-corrected chi connectivity index (χ3v) is 4.91. The van der Waals surface area contributed by atoms with Gasteiger partial charge in [-0.1, -0.05) is 47.9 Å². The molecule has 0 spiro atoms. The molecule has 1 aliphatic rings. The van der Waals surface area contributed by atoms with Crippen molar-refractivity contribution in [1.82, 2.24) is 0 Å². The van der Waals surface area contributed by atoms with Crippen LogP contribution in [0.3, 0.4) is 0 Å². The molecular weight excluding hydrogens is 328 g/mol. The Morgan fingerprint density at radius 3 is 2.58 bits per heavy atom. The van der Waals surface area contributed by atoms with Gasteiger partial charge >= 0.3 is 5.97 Å². The van der Waals surface area contributed by atoms with E-state index in [1.807, 2.05) is 26.0 Å². The van der Waals surface area contributed by atoms with Crippen LogP contribution in [0.25, 0.3) is 0 Å². The topological polar surface area (TPSA) is 77.8 Å². The summed E-state index contributed by atoms with van der Waals surface area (Å²) in [6, 6.07) is 0. The third-order valence-electron chi connectivity index (χ3n) is 4.91. The van der Waals surface area contributed by atoms with Gasteiger partial charge < -0.3 is 15.3 Å². The molecule has 3 atom stereocenters. The minimum absolute atomic E-state index is 0.316. The van der Waals surface area contributed by atoms with Crippen LogP contribution in [0.15, 0.2) is 46.6 Å². The second-order valence-corrected chi connectivity index (χ2v) is 7.98. The number of carboxylic acid groups (broad SMARTS) is 1. The molecule has 3 N–H and O–H groups in total. The molecule has 0 amide bonds. The fourth-order valence-corrected chi connectivity index (χ4v) is 3.81. The molecule has 0 unspecified atom stereocenters. The Morgan fingerprint density at radius 2 is 2.00 bits per heavy atom. The van der Waals surface area contributed by atoms with E-state index in [0.717, 1.165) is 24.0 Å². The van der Waals surface area contributed by atoms with Gasteiger partial charge in [-0.2, -0.15) is 0 Å². The molecular formula is C22H34O4. The summed E-state index contributed by atoms with van der Waals surface area (Å²) in [6.45, 7) is 10.1. The van der Waals surface area contributed by atoms with Crippen LogP contribution < -0.4 is 0 Å². The maximum atomic E-state index is 11.0. The highest BCUT2D eigenvalue weighted by atomic mass is 16.4. The van der Waals surface area contributed by atoms with Crippen LogP contribution in [0, 0.1) is 5.41 Å². The van der Waals surface area contributed by atoms with Gasteiger partial charge in [-0.3, -0.25) is 4.79 Å². The van der Waals surface area contributed by atoms with Gasteiger partial charge in [0.2, 0.25) is 0 Å². The molecule has 1 rings (SSSR count). The summed E-state index contributed by atoms with van der Waals surface area (Å²) in [5.41, 5.74) is 3.64. The Morgan fingerprint density at radius 1 is 1.35 bits per heavy atom. The number of hydrogen-bond donors (Lipinski definition) is 3. The molecule has 0 aromatic rings. The van der Waals surface area contributed by atoms with E-state index in [-0.39, 0.29) is 6.42 Å². The molecule has 0 aliphatic heterocycles. The molecule has 0 aromatic carbocycles. The van der Waals surface area contributed by atoms with Gasteiger partial charge in [0.25, 0.3) is 0 Å². The maximum Gasteiger partial charge on any atom is 0.306 e. The van der Waals surface area contributed by atoms with Gasteiger partial charge in [-0.25, -0.2) is 0 Å². The van der Waals surface area contributed by atoms with Gasteiger partial charge in [0, 0.05) is 5.41 Å². The number of allylic oxidation sites excluding steroid dienone is 6. The monoisotopic (exact) mass is 362 g/mol. The summed E-state index contributed by atoms with van der Waals surface area (Å²) < 4.78 is 0. The quantitative estimate of drug-likeness (QED) is 0.437. The number of aliphatic carboxylic acids is 1. The lowest BCUT2D eigenvalue weighted by molar-refractivity contribution is -0.138. The lowest BCUT2D eigenvalue weighted by Gasteiger charge is -2.39. The normalized spacial score (nSPS) is 25.5. The smallest absolute Gasteiger partial charge is 0.306 e. The van der Waals surface area contributed by atoms with Gasteiger partial charge in [-0.05, 0) is 59.0 Å². The summed E-state index contributed by atoms with van der Waals surface area (Å²) in [7, 11) is 0. The zero-order valence-electron chi connectivity index (χ0n) is 16.7. The Hall–Kier alpha value is -1.65. The van der Waals surface area contributed by atoms with E-state index in [1.165, 1.54) is 11.1 Å². The van der Waals surface area contributed by atoms with Gasteiger partial charge in [0.1, 0.15) is 0 Å². The predicted molar refractivity (Wildman–Crippen MR) is 106 cm³/mol. The number of aliphatic hydroxyl groups excluding tert-OH is 2. The molecule has 146 valence electrons. The molecule has 1 aliphatic carbocycles. The summed E-state index contributed by atoms with van der Waals surface area (Å²) in [5.74, 6) is -1.02. The van der Waals surface area contributed by atoms with E-state index in [4.69, 9.17) is 5.11 Å². The van der Waals surface area contributed by atoms with Crippen LogP contribution in [0.2, 0.25) is 0 Å². The molecule has 0 saturated carbocycles. The second kappa shape index (κ2) is 9.89. The largest absolute Gasteiger partial charge is 0.481 e. The Bertz CT molecular complexity index is 620. The lowest BCUT2D eigenvalue weighted by Crippen LogP contribution is -2.36. The molecule has 0 bridgehead atoms. The third kappa shape index (κ3) is 6.93. The average molecular weight is 363 g/mol. The average Bonchev–Trinajstić information content (AvgIpc) is 2.44. The number of aliphatic hydroxyl groups is 2. The first-order chi connectivity index (χ1) is 12.0. The van der Waals surface area contributed by atoms with Gasteiger partial charge in [0.15, 0.2) is 0 Å². The fourth-order valence-electron chi connectivity index (χ4n) is 3.81. The number of hydrogen-bond acceptors (Lipinski definition) is 3. The highest BCUT2D eigenvalue weighted by Gasteiger charge is 2.38. The van der Waals surface area contributed by atoms with E-state index in [0.29, 0.717) is 12.8 Å². The van der Waals surface area contributed by atoms with Crippen molar-refractivity contribution >= 4 is 5.97 Å². The van der Waals surface area contributed by atoms with Crippen LogP contribution in [-0.4, -0.2) is 33.5 Å². The van der Waals surface area contributed by atoms with Gasteiger partial charge in [0.05, 0.1) is 18.6 Å². The second-order valence-electron chi connectivity index (χ2n) is 7.98. The highest BCUT2D eigenvalue weighted by molar-refractivity contribution is 5.68. The molecule has 4 heteroatoms. The van der Waals surface area contributed by atoms with Crippen molar-refractivity contribution in [1.29, 1.82) is 0 Å². The number of rotatable bonds is 8. The lowest BCUT2D eigenvalue weighted by atomic mass is 9.67. The molecule has 0 aromatic heterocycles. The van der Waals surface area contributed by atoms with Crippen molar-refractivity contribution < 1.29 is 20.1 Å². The summed E-state index contributed by atoms with van der Waals surface area (Å²) in [5, 5.41) is 29.7. The van der Waals surface area contributed by atoms with Crippen LogP contribution in [0.5, 0.6) is 0 Å². The Kier molecular flexibility index (Phi) is 8.51. The minimum atomic E-state index is -1.03. The SMILES string of the molecule is CC(C)=CCC/C(C)=C/C=C/[C@@]1(C)C[C@H](O)CC(C)=C1[C@H](O)CC(=O)O. The maximum absolute atomic E-state index is 11.0. The molecule has 4 nitrogen and oxygen atoms in total. The predicted octanol–water partition coefficient (Wildman–Crippen LogP) is 4.55.